The van der Waals surface area contributed by atoms with Gasteiger partial charge in [-0.2, -0.15) is 0 Å². The number of carbonyl (C=O) groups excluding carboxylic acids is 1. The van der Waals surface area contributed by atoms with Crippen LogP contribution in [-0.4, -0.2) is 34.1 Å². The molecule has 1 aliphatic rings. The van der Waals surface area contributed by atoms with Crippen molar-refractivity contribution in [1.82, 2.24) is 15.1 Å². The Balaban J connectivity index is 1.66. The van der Waals surface area contributed by atoms with Crippen molar-refractivity contribution < 1.29 is 9.32 Å². The van der Waals surface area contributed by atoms with Crippen LogP contribution in [0.25, 0.3) is 0 Å². The standard InChI is InChI=1S/C15H19N5O2/c1-11-8-13(19-22-11)18-15(21)12-9-17-14(10-16-12)20-6-4-2-3-5-7-20/h8-10H,2-7H2,1H3,(H,18,19,21). The van der Waals surface area contributed by atoms with Crippen molar-refractivity contribution in [3.63, 3.8) is 0 Å². The van der Waals surface area contributed by atoms with E-state index in [2.05, 4.69) is 25.3 Å². The summed E-state index contributed by atoms with van der Waals surface area (Å²) in [6.07, 6.45) is 8.05. The molecule has 2 aromatic heterocycles. The lowest BCUT2D eigenvalue weighted by Crippen LogP contribution is -2.25. The highest BCUT2D eigenvalue weighted by molar-refractivity contribution is 6.02. The summed E-state index contributed by atoms with van der Waals surface area (Å²) in [6, 6.07) is 1.65. The smallest absolute Gasteiger partial charge is 0.277 e. The Hall–Kier alpha value is -2.44. The van der Waals surface area contributed by atoms with Gasteiger partial charge >= 0.3 is 0 Å². The van der Waals surface area contributed by atoms with Gasteiger partial charge in [0.25, 0.3) is 5.91 Å². The summed E-state index contributed by atoms with van der Waals surface area (Å²) in [6.45, 7) is 3.76. The van der Waals surface area contributed by atoms with Gasteiger partial charge in [0.1, 0.15) is 17.3 Å². The van der Waals surface area contributed by atoms with Crippen molar-refractivity contribution in [2.24, 2.45) is 0 Å². The Kier molecular flexibility index (Phi) is 4.32. The molecule has 0 aromatic carbocycles. The molecule has 1 saturated heterocycles. The molecule has 0 aliphatic carbocycles. The number of hydrogen-bond donors (Lipinski definition) is 1. The maximum absolute atomic E-state index is 12.1. The average Bonchev–Trinajstić information content (AvgIpc) is 2.78. The summed E-state index contributed by atoms with van der Waals surface area (Å²) < 4.78 is 4.90. The molecule has 1 N–H and O–H groups in total. The Labute approximate surface area is 128 Å². The van der Waals surface area contributed by atoms with Crippen molar-refractivity contribution >= 4 is 17.5 Å². The predicted molar refractivity (Wildman–Crippen MR) is 81.9 cm³/mol. The van der Waals surface area contributed by atoms with Crippen LogP contribution in [0.3, 0.4) is 0 Å². The zero-order valence-electron chi connectivity index (χ0n) is 12.6. The number of nitrogens with zero attached hydrogens (tertiary/aromatic N) is 4. The van der Waals surface area contributed by atoms with E-state index in [4.69, 9.17) is 4.52 Å². The highest BCUT2D eigenvalue weighted by Crippen LogP contribution is 2.16. The molecule has 0 saturated carbocycles. The molecule has 2 aromatic rings. The van der Waals surface area contributed by atoms with Gasteiger partial charge < -0.3 is 14.7 Å². The van der Waals surface area contributed by atoms with Crippen LogP contribution < -0.4 is 10.2 Å². The number of carbonyl (C=O) groups is 1. The molecule has 1 fully saturated rings. The van der Waals surface area contributed by atoms with Crippen molar-refractivity contribution in [2.75, 3.05) is 23.3 Å². The molecule has 0 atom stereocenters. The van der Waals surface area contributed by atoms with Crippen LogP contribution >= 0.6 is 0 Å². The monoisotopic (exact) mass is 301 g/mol. The predicted octanol–water partition coefficient (Wildman–Crippen LogP) is 2.41. The van der Waals surface area contributed by atoms with E-state index in [1.165, 1.54) is 31.9 Å². The number of anilines is 2. The molecule has 0 spiro atoms. The maximum Gasteiger partial charge on any atom is 0.277 e. The van der Waals surface area contributed by atoms with Gasteiger partial charge in [-0.25, -0.2) is 9.97 Å². The Morgan fingerprint density at radius 2 is 1.95 bits per heavy atom. The van der Waals surface area contributed by atoms with E-state index in [0.29, 0.717) is 11.6 Å². The first-order chi connectivity index (χ1) is 10.7. The molecule has 22 heavy (non-hydrogen) atoms. The van der Waals surface area contributed by atoms with Gasteiger partial charge in [0.15, 0.2) is 5.82 Å². The molecular formula is C15H19N5O2. The molecule has 0 unspecified atom stereocenters. The van der Waals surface area contributed by atoms with Gasteiger partial charge in [-0.15, -0.1) is 0 Å². The van der Waals surface area contributed by atoms with Crippen LogP contribution in [0.5, 0.6) is 0 Å². The minimum atomic E-state index is -0.344. The summed E-state index contributed by atoms with van der Waals surface area (Å²) in [5.41, 5.74) is 0.263. The van der Waals surface area contributed by atoms with Crippen LogP contribution in [0.1, 0.15) is 41.9 Å². The fourth-order valence-electron chi connectivity index (χ4n) is 2.51. The summed E-state index contributed by atoms with van der Waals surface area (Å²) >= 11 is 0. The van der Waals surface area contributed by atoms with Crippen LogP contribution in [0, 0.1) is 6.92 Å². The number of rotatable bonds is 3. The fraction of sp³-hybridized carbons (Fsp3) is 0.467. The Bertz CT molecular complexity index is 630. The third kappa shape index (κ3) is 3.41. The lowest BCUT2D eigenvalue weighted by Gasteiger charge is -2.20. The first-order valence-electron chi connectivity index (χ1n) is 7.54. The number of aryl methyl sites for hydroxylation is 1. The lowest BCUT2D eigenvalue weighted by atomic mass is 10.2. The molecule has 7 heteroatoms. The molecule has 3 heterocycles. The van der Waals surface area contributed by atoms with Crippen LogP contribution in [0.15, 0.2) is 23.0 Å². The SMILES string of the molecule is Cc1cc(NC(=O)c2cnc(N3CCCCCC3)cn2)no1. The van der Waals surface area contributed by atoms with E-state index < -0.39 is 0 Å². The molecular weight excluding hydrogens is 282 g/mol. The Morgan fingerprint density at radius 1 is 1.18 bits per heavy atom. The first kappa shape index (κ1) is 14.5. The highest BCUT2D eigenvalue weighted by Gasteiger charge is 2.14. The minimum Gasteiger partial charge on any atom is -0.360 e. The molecule has 0 radical (unpaired) electrons. The Morgan fingerprint density at radius 3 is 2.55 bits per heavy atom. The molecule has 7 nitrogen and oxygen atoms in total. The van der Waals surface area contributed by atoms with Crippen molar-refractivity contribution in [1.29, 1.82) is 0 Å². The van der Waals surface area contributed by atoms with Crippen molar-refractivity contribution in [2.45, 2.75) is 32.6 Å². The molecule has 0 bridgehead atoms. The first-order valence-corrected chi connectivity index (χ1v) is 7.54. The quantitative estimate of drug-likeness (QED) is 0.937. The fourth-order valence-corrected chi connectivity index (χ4v) is 2.51. The molecule has 1 amide bonds. The molecule has 3 rings (SSSR count). The minimum absolute atomic E-state index is 0.263. The summed E-state index contributed by atoms with van der Waals surface area (Å²) in [5, 5.41) is 6.35. The van der Waals surface area contributed by atoms with Gasteiger partial charge in [0, 0.05) is 19.2 Å². The van der Waals surface area contributed by atoms with E-state index in [1.54, 1.807) is 19.2 Å². The summed E-state index contributed by atoms with van der Waals surface area (Å²) in [5.74, 6) is 1.50. The van der Waals surface area contributed by atoms with Crippen molar-refractivity contribution in [3.05, 3.63) is 29.9 Å². The third-order valence-electron chi connectivity index (χ3n) is 3.67. The van der Waals surface area contributed by atoms with Gasteiger partial charge in [0.05, 0.1) is 12.4 Å². The third-order valence-corrected chi connectivity index (χ3v) is 3.67. The van der Waals surface area contributed by atoms with E-state index in [1.807, 2.05) is 0 Å². The van der Waals surface area contributed by atoms with E-state index in [-0.39, 0.29) is 11.6 Å². The highest BCUT2D eigenvalue weighted by atomic mass is 16.5. The van der Waals surface area contributed by atoms with Gasteiger partial charge in [-0.3, -0.25) is 4.79 Å². The number of hydrogen-bond acceptors (Lipinski definition) is 6. The van der Waals surface area contributed by atoms with Gasteiger partial charge in [-0.05, 0) is 19.8 Å². The molecule has 116 valence electrons. The van der Waals surface area contributed by atoms with E-state index in [0.717, 1.165) is 18.9 Å². The number of amides is 1. The summed E-state index contributed by atoms with van der Waals surface area (Å²) in [4.78, 5) is 22.9. The zero-order valence-corrected chi connectivity index (χ0v) is 12.6. The number of nitrogens with one attached hydrogen (secondary N) is 1. The second-order valence-electron chi connectivity index (χ2n) is 5.44. The maximum atomic E-state index is 12.1. The van der Waals surface area contributed by atoms with E-state index in [9.17, 15) is 4.79 Å². The van der Waals surface area contributed by atoms with Crippen LogP contribution in [0.2, 0.25) is 0 Å². The topological polar surface area (TPSA) is 84.2 Å². The zero-order chi connectivity index (χ0) is 15.4. The average molecular weight is 301 g/mol. The normalized spacial score (nSPS) is 15.4. The second-order valence-corrected chi connectivity index (χ2v) is 5.44. The summed E-state index contributed by atoms with van der Waals surface area (Å²) in [7, 11) is 0. The van der Waals surface area contributed by atoms with Crippen LogP contribution in [-0.2, 0) is 0 Å². The van der Waals surface area contributed by atoms with Crippen LogP contribution in [0.4, 0.5) is 11.6 Å². The largest absolute Gasteiger partial charge is 0.360 e. The van der Waals surface area contributed by atoms with Gasteiger partial charge in [-0.1, -0.05) is 18.0 Å². The number of aromatic nitrogens is 3. The van der Waals surface area contributed by atoms with Crippen molar-refractivity contribution in [3.8, 4) is 0 Å². The molecule has 1 aliphatic heterocycles. The van der Waals surface area contributed by atoms with Gasteiger partial charge in [0.2, 0.25) is 0 Å². The lowest BCUT2D eigenvalue weighted by molar-refractivity contribution is 0.102. The van der Waals surface area contributed by atoms with E-state index >= 15 is 0 Å². The second kappa shape index (κ2) is 6.55.